The molecule has 2 aromatic rings. The third kappa shape index (κ3) is 3.55. The van der Waals surface area contributed by atoms with Gasteiger partial charge < -0.3 is 10.1 Å². The molecular weight excluding hydrogens is 387 g/mol. The van der Waals surface area contributed by atoms with E-state index in [2.05, 4.69) is 20.4 Å². The van der Waals surface area contributed by atoms with Crippen LogP contribution in [0, 0.1) is 6.92 Å². The van der Waals surface area contributed by atoms with Gasteiger partial charge in [-0.2, -0.15) is 13.2 Å². The highest BCUT2D eigenvalue weighted by atomic mass is 35.5. The molecule has 0 saturated heterocycles. The molecule has 1 aromatic carbocycles. The zero-order valence-electron chi connectivity index (χ0n) is 13.9. The number of carbonyl (C=O) groups excluding carboxylic acids is 2. The van der Waals surface area contributed by atoms with Gasteiger partial charge in [-0.15, -0.1) is 0 Å². The number of aromatic nitrogens is 1. The number of cyclic esters (lactones) is 1. The number of fused-ring (bicyclic) bond motifs is 1. The van der Waals surface area contributed by atoms with Crippen LogP contribution in [-0.2, 0) is 10.3 Å². The lowest BCUT2D eigenvalue weighted by molar-refractivity contribution is -0.261. The van der Waals surface area contributed by atoms with E-state index in [4.69, 9.17) is 11.6 Å². The minimum Gasteiger partial charge on any atom is -0.426 e. The molecule has 2 amide bonds. The third-order valence-corrected chi connectivity index (χ3v) is 4.28. The van der Waals surface area contributed by atoms with Crippen LogP contribution >= 0.6 is 11.6 Å². The maximum absolute atomic E-state index is 14.0. The molecule has 3 rings (SSSR count). The Morgan fingerprint density at radius 3 is 2.70 bits per heavy atom. The van der Waals surface area contributed by atoms with Crippen molar-refractivity contribution in [1.82, 2.24) is 10.3 Å². The van der Waals surface area contributed by atoms with E-state index in [9.17, 15) is 22.8 Å². The Kier molecular flexibility index (Phi) is 4.73. The van der Waals surface area contributed by atoms with Crippen LogP contribution in [0.15, 0.2) is 36.5 Å². The van der Waals surface area contributed by atoms with Gasteiger partial charge in [-0.1, -0.05) is 11.6 Å². The molecule has 6 nitrogen and oxygen atoms in total. The second-order valence-corrected chi connectivity index (χ2v) is 6.34. The van der Waals surface area contributed by atoms with Crippen molar-refractivity contribution in [2.75, 3.05) is 11.9 Å². The molecule has 1 atom stereocenters. The number of ether oxygens (including phenoxy) is 1. The maximum Gasteiger partial charge on any atom is 0.434 e. The average molecular weight is 400 g/mol. The zero-order valence-corrected chi connectivity index (χ0v) is 14.6. The molecule has 0 bridgehead atoms. The predicted molar refractivity (Wildman–Crippen MR) is 90.6 cm³/mol. The molecule has 10 heteroatoms. The van der Waals surface area contributed by atoms with Crippen LogP contribution in [0.3, 0.4) is 0 Å². The summed E-state index contributed by atoms with van der Waals surface area (Å²) < 4.78 is 46.6. The summed E-state index contributed by atoms with van der Waals surface area (Å²) in [6.45, 7) is 0.680. The molecule has 1 unspecified atom stereocenters. The number of nitrogens with one attached hydrogen (secondary N) is 2. The Hall–Kier alpha value is -2.81. The predicted octanol–water partition coefficient (Wildman–Crippen LogP) is 3.79. The molecule has 0 aliphatic carbocycles. The quantitative estimate of drug-likeness (QED) is 0.822. The van der Waals surface area contributed by atoms with E-state index in [1.54, 1.807) is 13.0 Å². The normalized spacial score (nSPS) is 18.9. The SMILES string of the molecule is Cc1ccc(C(=O)NCC2(C(F)(F)F)OC(=O)Nc3ccc(Cl)cc32)cn1. The van der Waals surface area contributed by atoms with Crippen molar-refractivity contribution in [3.05, 3.63) is 58.4 Å². The van der Waals surface area contributed by atoms with E-state index in [1.807, 2.05) is 0 Å². The summed E-state index contributed by atoms with van der Waals surface area (Å²) in [4.78, 5) is 27.9. The van der Waals surface area contributed by atoms with E-state index in [-0.39, 0.29) is 16.3 Å². The number of nitrogens with zero attached hydrogens (tertiary/aromatic N) is 1. The second-order valence-electron chi connectivity index (χ2n) is 5.90. The smallest absolute Gasteiger partial charge is 0.426 e. The van der Waals surface area contributed by atoms with E-state index >= 15 is 0 Å². The summed E-state index contributed by atoms with van der Waals surface area (Å²) in [5.74, 6) is -0.788. The lowest BCUT2D eigenvalue weighted by atomic mass is 9.89. The van der Waals surface area contributed by atoms with Crippen molar-refractivity contribution in [3.8, 4) is 0 Å². The Bertz CT molecular complexity index is 903. The first kappa shape index (κ1) is 19.0. The Labute approximate surface area is 156 Å². The summed E-state index contributed by atoms with van der Waals surface area (Å²) in [6.07, 6.45) is -5.05. The van der Waals surface area contributed by atoms with E-state index in [0.29, 0.717) is 5.69 Å². The van der Waals surface area contributed by atoms with Crippen LogP contribution in [0.25, 0.3) is 0 Å². The molecule has 1 aliphatic heterocycles. The molecule has 0 fully saturated rings. The Balaban J connectivity index is 1.97. The van der Waals surface area contributed by atoms with Crippen molar-refractivity contribution in [1.29, 1.82) is 0 Å². The van der Waals surface area contributed by atoms with Crippen molar-refractivity contribution in [2.24, 2.45) is 0 Å². The van der Waals surface area contributed by atoms with E-state index in [0.717, 1.165) is 6.07 Å². The van der Waals surface area contributed by atoms with E-state index < -0.39 is 35.9 Å². The summed E-state index contributed by atoms with van der Waals surface area (Å²) in [6, 6.07) is 6.60. The van der Waals surface area contributed by atoms with Gasteiger partial charge in [-0.3, -0.25) is 15.1 Å². The molecule has 1 aromatic heterocycles. The van der Waals surface area contributed by atoms with Gasteiger partial charge in [0.1, 0.15) is 0 Å². The minimum absolute atomic E-state index is 0.0242. The summed E-state index contributed by atoms with van der Waals surface area (Å²) >= 11 is 5.83. The highest BCUT2D eigenvalue weighted by molar-refractivity contribution is 6.30. The van der Waals surface area contributed by atoms with Crippen LogP contribution in [0.2, 0.25) is 5.02 Å². The number of carbonyl (C=O) groups is 2. The average Bonchev–Trinajstić information content (AvgIpc) is 2.59. The number of alkyl halides is 3. The van der Waals surface area contributed by atoms with Gasteiger partial charge in [0, 0.05) is 22.5 Å². The van der Waals surface area contributed by atoms with Gasteiger partial charge >= 0.3 is 12.3 Å². The molecule has 0 radical (unpaired) electrons. The molecular formula is C17H13ClF3N3O3. The first-order valence-electron chi connectivity index (χ1n) is 7.70. The maximum atomic E-state index is 14.0. The molecule has 27 heavy (non-hydrogen) atoms. The molecule has 0 spiro atoms. The number of hydrogen-bond acceptors (Lipinski definition) is 4. The molecule has 142 valence electrons. The standard InChI is InChI=1S/C17H13ClF3N3O3/c1-9-2-3-10(7-22-9)14(25)23-8-16(17(19,20)21)12-6-11(18)4-5-13(12)24-15(26)27-16/h2-7H,8H2,1H3,(H,23,25)(H,24,26). The fourth-order valence-corrected chi connectivity index (χ4v) is 2.83. The number of hydrogen-bond donors (Lipinski definition) is 2. The first-order chi connectivity index (χ1) is 12.6. The van der Waals surface area contributed by atoms with Crippen LogP contribution in [-0.4, -0.2) is 29.7 Å². The topological polar surface area (TPSA) is 80.3 Å². The third-order valence-electron chi connectivity index (χ3n) is 4.05. The number of anilines is 1. The van der Waals surface area contributed by atoms with Crippen LogP contribution in [0.5, 0.6) is 0 Å². The lowest BCUT2D eigenvalue weighted by Gasteiger charge is -2.39. The summed E-state index contributed by atoms with van der Waals surface area (Å²) in [5, 5.41) is 4.39. The number of rotatable bonds is 3. The van der Waals surface area contributed by atoms with Gasteiger partial charge in [0.05, 0.1) is 17.8 Å². The van der Waals surface area contributed by atoms with Crippen LogP contribution < -0.4 is 10.6 Å². The highest BCUT2D eigenvalue weighted by Crippen LogP contribution is 2.47. The van der Waals surface area contributed by atoms with Gasteiger partial charge in [0.15, 0.2) is 0 Å². The van der Waals surface area contributed by atoms with Crippen LogP contribution in [0.1, 0.15) is 21.6 Å². The first-order valence-corrected chi connectivity index (χ1v) is 8.08. The Morgan fingerprint density at radius 2 is 2.07 bits per heavy atom. The second kappa shape index (κ2) is 6.73. The summed E-state index contributed by atoms with van der Waals surface area (Å²) in [7, 11) is 0. The fraction of sp³-hybridized carbons (Fsp3) is 0.235. The molecule has 2 heterocycles. The van der Waals surface area contributed by atoms with E-state index in [1.165, 1.54) is 24.4 Å². The van der Waals surface area contributed by atoms with Gasteiger partial charge in [0.25, 0.3) is 11.5 Å². The largest absolute Gasteiger partial charge is 0.434 e. The van der Waals surface area contributed by atoms with Crippen molar-refractivity contribution in [3.63, 3.8) is 0 Å². The number of aryl methyl sites for hydroxylation is 1. The van der Waals surface area contributed by atoms with Crippen molar-refractivity contribution < 1.29 is 27.5 Å². The van der Waals surface area contributed by atoms with Crippen molar-refractivity contribution in [2.45, 2.75) is 18.7 Å². The molecule has 1 aliphatic rings. The number of amides is 2. The number of benzene rings is 1. The molecule has 0 saturated carbocycles. The fourth-order valence-electron chi connectivity index (χ4n) is 2.66. The summed E-state index contributed by atoms with van der Waals surface area (Å²) in [5.41, 5.74) is -2.86. The Morgan fingerprint density at radius 1 is 1.33 bits per heavy atom. The number of halogens is 4. The zero-order chi connectivity index (χ0) is 19.8. The molecule has 2 N–H and O–H groups in total. The highest BCUT2D eigenvalue weighted by Gasteiger charge is 2.62. The van der Waals surface area contributed by atoms with Gasteiger partial charge in [-0.25, -0.2) is 4.79 Å². The number of pyridine rings is 1. The van der Waals surface area contributed by atoms with Gasteiger partial charge in [-0.05, 0) is 37.3 Å². The minimum atomic E-state index is -5.01. The lowest BCUT2D eigenvalue weighted by Crippen LogP contribution is -2.56. The van der Waals surface area contributed by atoms with Crippen molar-refractivity contribution >= 4 is 29.3 Å². The van der Waals surface area contributed by atoms with Crippen LogP contribution in [0.4, 0.5) is 23.7 Å². The van der Waals surface area contributed by atoms with Gasteiger partial charge in [0.2, 0.25) is 0 Å². The monoisotopic (exact) mass is 399 g/mol.